The van der Waals surface area contributed by atoms with E-state index in [1.54, 1.807) is 18.3 Å². The van der Waals surface area contributed by atoms with Gasteiger partial charge in [-0.2, -0.15) is 0 Å². The number of hydrogen-bond acceptors (Lipinski definition) is 5. The van der Waals surface area contributed by atoms with Gasteiger partial charge in [0.05, 0.1) is 32.4 Å². The van der Waals surface area contributed by atoms with Gasteiger partial charge in [0.25, 0.3) is 5.91 Å². The van der Waals surface area contributed by atoms with Gasteiger partial charge < -0.3 is 10.5 Å². The minimum absolute atomic E-state index is 0.0174. The highest BCUT2D eigenvalue weighted by atomic mass is 35.5. The summed E-state index contributed by atoms with van der Waals surface area (Å²) in [5.41, 5.74) is 6.97. The molecule has 0 aliphatic heterocycles. The first-order valence-corrected chi connectivity index (χ1v) is 9.55. The minimum atomic E-state index is -0.777. The van der Waals surface area contributed by atoms with Crippen molar-refractivity contribution in [2.75, 3.05) is 0 Å². The lowest BCUT2D eigenvalue weighted by Gasteiger charge is -2.07. The number of halogens is 2. The number of benzene rings is 1. The zero-order valence-corrected chi connectivity index (χ0v) is 16.4. The fraction of sp³-hybridized carbons (Fsp3) is 0. The highest BCUT2D eigenvalue weighted by Crippen LogP contribution is 2.37. The van der Waals surface area contributed by atoms with E-state index in [1.165, 1.54) is 12.1 Å². The van der Waals surface area contributed by atoms with Gasteiger partial charge in [0, 0.05) is 12.3 Å². The van der Waals surface area contributed by atoms with Crippen LogP contribution in [-0.2, 0) is 0 Å². The quantitative estimate of drug-likeness (QED) is 0.474. The number of fused-ring (bicyclic) bond motifs is 1. The first kappa shape index (κ1) is 18.5. The van der Waals surface area contributed by atoms with Gasteiger partial charge in [-0.3, -0.25) is 9.20 Å². The van der Waals surface area contributed by atoms with Crippen LogP contribution in [0.5, 0.6) is 5.75 Å². The standard InChI is InChI=1S/C19H11Cl2N3O3S/c20-10-4-3-5-11(21)16(10)19(26)27-13-8-14(28-17(13)18(22)25)12-9-23-15-6-1-2-7-24(12)15/h1-9H,(H2,22,25). The SMILES string of the molecule is NC(=O)c1sc(-c2cnc3ccccn23)cc1OC(=O)c1c(Cl)cccc1Cl. The van der Waals surface area contributed by atoms with E-state index in [9.17, 15) is 9.59 Å². The van der Waals surface area contributed by atoms with Crippen LogP contribution in [0, 0.1) is 0 Å². The van der Waals surface area contributed by atoms with Crippen molar-refractivity contribution >= 4 is 52.1 Å². The molecule has 140 valence electrons. The van der Waals surface area contributed by atoms with Crippen molar-refractivity contribution in [3.05, 3.63) is 75.3 Å². The number of imidazole rings is 1. The predicted octanol–water partition coefficient (Wildman–Crippen LogP) is 4.69. The molecule has 0 radical (unpaired) electrons. The van der Waals surface area contributed by atoms with E-state index in [4.69, 9.17) is 33.7 Å². The lowest BCUT2D eigenvalue weighted by Crippen LogP contribution is -2.14. The van der Waals surface area contributed by atoms with E-state index < -0.39 is 11.9 Å². The molecule has 0 fully saturated rings. The predicted molar refractivity (Wildman–Crippen MR) is 108 cm³/mol. The molecule has 1 aromatic carbocycles. The van der Waals surface area contributed by atoms with Crippen molar-refractivity contribution < 1.29 is 14.3 Å². The number of amides is 1. The third-order valence-corrected chi connectivity index (χ3v) is 5.74. The molecule has 0 saturated carbocycles. The molecule has 9 heteroatoms. The highest BCUT2D eigenvalue weighted by molar-refractivity contribution is 7.17. The van der Waals surface area contributed by atoms with Crippen LogP contribution < -0.4 is 10.5 Å². The highest BCUT2D eigenvalue weighted by Gasteiger charge is 2.23. The average Bonchev–Trinajstić information content (AvgIpc) is 3.25. The van der Waals surface area contributed by atoms with Crippen molar-refractivity contribution in [3.8, 4) is 16.3 Å². The van der Waals surface area contributed by atoms with Crippen LogP contribution in [0.2, 0.25) is 10.0 Å². The second-order valence-electron chi connectivity index (χ2n) is 5.73. The van der Waals surface area contributed by atoms with E-state index in [1.807, 2.05) is 28.8 Å². The van der Waals surface area contributed by atoms with E-state index >= 15 is 0 Å². The maximum absolute atomic E-state index is 12.6. The average molecular weight is 432 g/mol. The maximum Gasteiger partial charge on any atom is 0.346 e. The molecule has 2 N–H and O–H groups in total. The summed E-state index contributed by atoms with van der Waals surface area (Å²) in [7, 11) is 0. The zero-order chi connectivity index (χ0) is 19.8. The molecule has 1 amide bonds. The van der Waals surface area contributed by atoms with Crippen LogP contribution >= 0.6 is 34.5 Å². The smallest absolute Gasteiger partial charge is 0.346 e. The molecule has 0 saturated heterocycles. The Kier molecular flexibility index (Phi) is 4.80. The second kappa shape index (κ2) is 7.27. The van der Waals surface area contributed by atoms with Crippen LogP contribution in [0.1, 0.15) is 20.0 Å². The van der Waals surface area contributed by atoms with Crippen molar-refractivity contribution in [2.45, 2.75) is 0 Å². The third kappa shape index (κ3) is 3.24. The maximum atomic E-state index is 12.6. The fourth-order valence-electron chi connectivity index (χ4n) is 2.71. The van der Waals surface area contributed by atoms with Crippen molar-refractivity contribution in [2.24, 2.45) is 5.73 Å². The van der Waals surface area contributed by atoms with Crippen LogP contribution in [-0.4, -0.2) is 21.3 Å². The van der Waals surface area contributed by atoms with Crippen LogP contribution in [0.15, 0.2) is 54.9 Å². The molecular weight excluding hydrogens is 421 g/mol. The monoisotopic (exact) mass is 431 g/mol. The molecule has 4 aromatic rings. The summed E-state index contributed by atoms with van der Waals surface area (Å²) < 4.78 is 7.27. The van der Waals surface area contributed by atoms with Gasteiger partial charge in [0.15, 0.2) is 5.75 Å². The molecule has 4 rings (SSSR count). The number of aromatic nitrogens is 2. The van der Waals surface area contributed by atoms with Crippen molar-refractivity contribution in [3.63, 3.8) is 0 Å². The van der Waals surface area contributed by atoms with Gasteiger partial charge in [-0.05, 0) is 24.3 Å². The van der Waals surface area contributed by atoms with Crippen molar-refractivity contribution in [1.82, 2.24) is 9.38 Å². The molecule has 0 unspecified atom stereocenters. The number of thiophene rings is 1. The van der Waals surface area contributed by atoms with Gasteiger partial charge in [-0.25, -0.2) is 9.78 Å². The Labute approximate surface area is 173 Å². The van der Waals surface area contributed by atoms with E-state index in [0.29, 0.717) is 4.88 Å². The molecular formula is C19H11Cl2N3O3S. The second-order valence-corrected chi connectivity index (χ2v) is 7.59. The summed E-state index contributed by atoms with van der Waals surface area (Å²) in [5, 5.41) is 0.297. The Morgan fingerprint density at radius 3 is 2.57 bits per heavy atom. The Hall–Kier alpha value is -2.87. The summed E-state index contributed by atoms with van der Waals surface area (Å²) in [4.78, 5) is 29.6. The number of primary amides is 1. The number of esters is 1. The molecule has 0 spiro atoms. The molecule has 0 aliphatic carbocycles. The number of carbonyl (C=O) groups excluding carboxylic acids is 2. The van der Waals surface area contributed by atoms with E-state index in [2.05, 4.69) is 4.98 Å². The number of nitrogens with two attached hydrogens (primary N) is 1. The van der Waals surface area contributed by atoms with E-state index in [-0.39, 0.29) is 26.2 Å². The molecule has 6 nitrogen and oxygen atoms in total. The summed E-state index contributed by atoms with van der Waals surface area (Å²) >= 11 is 13.2. The normalized spacial score (nSPS) is 10.9. The zero-order valence-electron chi connectivity index (χ0n) is 14.1. The Morgan fingerprint density at radius 2 is 1.86 bits per heavy atom. The third-order valence-electron chi connectivity index (χ3n) is 3.96. The van der Waals surface area contributed by atoms with Gasteiger partial charge in [-0.1, -0.05) is 35.3 Å². The Bertz CT molecular complexity index is 1210. The first-order chi connectivity index (χ1) is 13.5. The number of pyridine rings is 1. The molecule has 3 aromatic heterocycles. The lowest BCUT2D eigenvalue weighted by atomic mass is 10.2. The molecule has 0 bridgehead atoms. The molecule has 3 heterocycles. The summed E-state index contributed by atoms with van der Waals surface area (Å²) in [6.45, 7) is 0. The molecule has 28 heavy (non-hydrogen) atoms. The largest absolute Gasteiger partial charge is 0.421 e. The Balaban J connectivity index is 1.76. The van der Waals surface area contributed by atoms with Gasteiger partial charge in [0.2, 0.25) is 0 Å². The number of ether oxygens (including phenoxy) is 1. The number of carbonyl (C=O) groups is 2. The van der Waals surface area contributed by atoms with E-state index in [0.717, 1.165) is 22.7 Å². The van der Waals surface area contributed by atoms with Crippen LogP contribution in [0.3, 0.4) is 0 Å². The summed E-state index contributed by atoms with van der Waals surface area (Å²) in [6.07, 6.45) is 3.51. The lowest BCUT2D eigenvalue weighted by molar-refractivity contribution is 0.0734. The first-order valence-electron chi connectivity index (χ1n) is 7.98. The molecule has 0 aliphatic rings. The summed E-state index contributed by atoms with van der Waals surface area (Å²) in [5.74, 6) is -1.45. The van der Waals surface area contributed by atoms with Crippen LogP contribution in [0.25, 0.3) is 16.2 Å². The fourth-order valence-corrected chi connectivity index (χ4v) is 4.20. The van der Waals surface area contributed by atoms with Gasteiger partial charge >= 0.3 is 5.97 Å². The topological polar surface area (TPSA) is 86.7 Å². The van der Waals surface area contributed by atoms with Gasteiger partial charge in [-0.15, -0.1) is 11.3 Å². The van der Waals surface area contributed by atoms with Crippen molar-refractivity contribution in [1.29, 1.82) is 0 Å². The summed E-state index contributed by atoms with van der Waals surface area (Å²) in [6, 6.07) is 11.8. The number of rotatable bonds is 4. The number of hydrogen-bond donors (Lipinski definition) is 1. The Morgan fingerprint density at radius 1 is 1.11 bits per heavy atom. The van der Waals surface area contributed by atoms with Gasteiger partial charge in [0.1, 0.15) is 10.5 Å². The van der Waals surface area contributed by atoms with Crippen LogP contribution in [0.4, 0.5) is 0 Å². The molecule has 0 atom stereocenters. The minimum Gasteiger partial charge on any atom is -0.421 e. The number of nitrogens with zero attached hydrogens (tertiary/aromatic N) is 2.